The van der Waals surface area contributed by atoms with Crippen LogP contribution in [0.4, 0.5) is 0 Å². The van der Waals surface area contributed by atoms with Crippen LogP contribution in [0.2, 0.25) is 5.02 Å². The molecular formula is C17H19ClO4. The Morgan fingerprint density at radius 1 is 1.00 bits per heavy atom. The minimum atomic E-state index is -0.809. The lowest BCUT2D eigenvalue weighted by Gasteiger charge is -2.42. The van der Waals surface area contributed by atoms with Crippen LogP contribution in [0.5, 0.6) is 11.5 Å². The quantitative estimate of drug-likeness (QED) is 0.905. The van der Waals surface area contributed by atoms with Crippen molar-refractivity contribution in [3.8, 4) is 11.5 Å². The van der Waals surface area contributed by atoms with E-state index in [1.807, 2.05) is 0 Å². The van der Waals surface area contributed by atoms with Gasteiger partial charge in [-0.15, -0.1) is 0 Å². The van der Waals surface area contributed by atoms with Crippen molar-refractivity contribution in [3.05, 3.63) is 21.7 Å². The number of halogens is 1. The first-order valence-electron chi connectivity index (χ1n) is 8.02. The molecule has 4 rings (SSSR count). The molecule has 1 aliphatic carbocycles. The van der Waals surface area contributed by atoms with E-state index < -0.39 is 11.4 Å². The van der Waals surface area contributed by atoms with Crippen LogP contribution in [0.25, 0.3) is 0 Å². The molecule has 1 aromatic rings. The zero-order valence-corrected chi connectivity index (χ0v) is 13.2. The van der Waals surface area contributed by atoms with Gasteiger partial charge in [0.25, 0.3) is 0 Å². The third kappa shape index (κ3) is 1.79. The van der Waals surface area contributed by atoms with Crippen molar-refractivity contribution in [2.75, 3.05) is 13.2 Å². The summed E-state index contributed by atoms with van der Waals surface area (Å²) in [7, 11) is 0. The first kappa shape index (κ1) is 14.2. The molecule has 1 N–H and O–H groups in total. The summed E-state index contributed by atoms with van der Waals surface area (Å²) in [5, 5.41) is 10.5. The summed E-state index contributed by atoms with van der Waals surface area (Å²) in [6, 6.07) is 0. The number of aliphatic carboxylic acids is 1. The molecule has 0 amide bonds. The molecule has 2 heterocycles. The Morgan fingerprint density at radius 2 is 1.64 bits per heavy atom. The van der Waals surface area contributed by atoms with Gasteiger partial charge in [0.1, 0.15) is 11.5 Å². The summed E-state index contributed by atoms with van der Waals surface area (Å²) < 4.78 is 11.8. The predicted octanol–water partition coefficient (Wildman–Crippen LogP) is 3.50. The summed E-state index contributed by atoms with van der Waals surface area (Å²) in [6.07, 6.45) is 5.73. The highest BCUT2D eigenvalue weighted by Crippen LogP contribution is 2.55. The van der Waals surface area contributed by atoms with Crippen molar-refractivity contribution >= 4 is 17.6 Å². The van der Waals surface area contributed by atoms with Gasteiger partial charge in [-0.05, 0) is 38.5 Å². The number of rotatable bonds is 2. The second-order valence-electron chi connectivity index (χ2n) is 6.45. The minimum Gasteiger partial charge on any atom is -0.493 e. The number of carboxylic acid groups (broad SMARTS) is 1. The Kier molecular flexibility index (Phi) is 3.26. The number of hydrogen-bond donors (Lipinski definition) is 1. The zero-order chi connectivity index (χ0) is 15.3. The highest BCUT2D eigenvalue weighted by Gasteiger charge is 2.51. The molecule has 3 aliphatic rings. The number of carbonyl (C=O) groups is 1. The summed E-state index contributed by atoms with van der Waals surface area (Å²) in [6.45, 7) is 1.28. The van der Waals surface area contributed by atoms with E-state index in [1.54, 1.807) is 0 Å². The van der Waals surface area contributed by atoms with Gasteiger partial charge in [0.15, 0.2) is 0 Å². The van der Waals surface area contributed by atoms with Crippen LogP contribution >= 0.6 is 11.6 Å². The average molecular weight is 323 g/mol. The minimum absolute atomic E-state index is 0.631. The summed E-state index contributed by atoms with van der Waals surface area (Å²) in [5.41, 5.74) is 1.96. The van der Waals surface area contributed by atoms with E-state index in [9.17, 15) is 9.90 Å². The van der Waals surface area contributed by atoms with E-state index in [2.05, 4.69) is 0 Å². The van der Waals surface area contributed by atoms with Crippen molar-refractivity contribution in [1.29, 1.82) is 0 Å². The molecule has 1 aromatic carbocycles. The molecule has 0 unspecified atom stereocenters. The van der Waals surface area contributed by atoms with Crippen LogP contribution in [0.1, 0.15) is 48.8 Å². The largest absolute Gasteiger partial charge is 0.493 e. The second kappa shape index (κ2) is 5.05. The lowest BCUT2D eigenvalue weighted by atomic mass is 9.62. The molecule has 0 spiro atoms. The van der Waals surface area contributed by atoms with Gasteiger partial charge in [-0.2, -0.15) is 0 Å². The molecule has 1 saturated carbocycles. The highest BCUT2D eigenvalue weighted by molar-refractivity contribution is 6.33. The first-order chi connectivity index (χ1) is 10.6. The Labute approximate surface area is 134 Å². The first-order valence-corrected chi connectivity index (χ1v) is 8.39. The van der Waals surface area contributed by atoms with Gasteiger partial charge in [-0.3, -0.25) is 4.79 Å². The van der Waals surface area contributed by atoms with Crippen LogP contribution in [-0.2, 0) is 23.1 Å². The molecule has 118 valence electrons. The maximum atomic E-state index is 12.0. The lowest BCUT2D eigenvalue weighted by Crippen LogP contribution is -2.44. The van der Waals surface area contributed by atoms with Crippen molar-refractivity contribution in [3.63, 3.8) is 0 Å². The summed E-state index contributed by atoms with van der Waals surface area (Å²) in [5.74, 6) is 0.701. The number of fused-ring (bicyclic) bond motifs is 2. The molecule has 1 fully saturated rings. The van der Waals surface area contributed by atoms with Crippen LogP contribution in [0.3, 0.4) is 0 Å². The Bertz CT molecular complexity index is 612. The normalized spacial score (nSPS) is 21.7. The van der Waals surface area contributed by atoms with Crippen LogP contribution in [0.15, 0.2) is 0 Å². The maximum Gasteiger partial charge on any atom is 0.314 e. The molecule has 0 saturated heterocycles. The van der Waals surface area contributed by atoms with E-state index in [4.69, 9.17) is 21.1 Å². The SMILES string of the molecule is O=C(O)C1(c2c3c(c(Cl)c4c2OCCC4)OCCC3)CCC1. The van der Waals surface area contributed by atoms with E-state index in [0.29, 0.717) is 36.8 Å². The van der Waals surface area contributed by atoms with Crippen molar-refractivity contribution in [2.24, 2.45) is 0 Å². The molecule has 22 heavy (non-hydrogen) atoms. The molecule has 5 heteroatoms. The van der Waals surface area contributed by atoms with E-state index in [1.165, 1.54) is 0 Å². The molecule has 0 radical (unpaired) electrons. The van der Waals surface area contributed by atoms with Crippen molar-refractivity contribution in [2.45, 2.75) is 50.4 Å². The van der Waals surface area contributed by atoms with Gasteiger partial charge in [0.05, 0.1) is 23.7 Å². The van der Waals surface area contributed by atoms with Gasteiger partial charge in [0, 0.05) is 16.7 Å². The number of hydrogen-bond acceptors (Lipinski definition) is 3. The van der Waals surface area contributed by atoms with Gasteiger partial charge in [-0.1, -0.05) is 18.0 Å². The Balaban J connectivity index is 2.02. The van der Waals surface area contributed by atoms with E-state index in [-0.39, 0.29) is 0 Å². The topological polar surface area (TPSA) is 55.8 Å². The third-order valence-corrected chi connectivity index (χ3v) is 5.67. The van der Waals surface area contributed by atoms with Crippen molar-refractivity contribution in [1.82, 2.24) is 0 Å². The van der Waals surface area contributed by atoms with E-state index in [0.717, 1.165) is 54.5 Å². The van der Waals surface area contributed by atoms with Crippen LogP contribution in [0, 0.1) is 0 Å². The Hall–Kier alpha value is -1.42. The van der Waals surface area contributed by atoms with E-state index >= 15 is 0 Å². The summed E-state index contributed by atoms with van der Waals surface area (Å²) >= 11 is 6.56. The highest BCUT2D eigenvalue weighted by atomic mass is 35.5. The fourth-order valence-corrected chi connectivity index (χ4v) is 4.34. The molecule has 0 atom stereocenters. The maximum absolute atomic E-state index is 12.0. The lowest BCUT2D eigenvalue weighted by molar-refractivity contribution is -0.147. The Morgan fingerprint density at radius 3 is 2.23 bits per heavy atom. The number of ether oxygens (including phenoxy) is 2. The molecule has 4 nitrogen and oxygen atoms in total. The summed E-state index contributed by atoms with van der Waals surface area (Å²) in [4.78, 5) is 12.0. The zero-order valence-electron chi connectivity index (χ0n) is 12.4. The van der Waals surface area contributed by atoms with Gasteiger partial charge < -0.3 is 14.6 Å². The third-order valence-electron chi connectivity index (χ3n) is 5.27. The molecule has 0 bridgehead atoms. The van der Waals surface area contributed by atoms with Crippen LogP contribution < -0.4 is 9.47 Å². The fourth-order valence-electron chi connectivity index (χ4n) is 4.00. The number of benzene rings is 1. The number of carboxylic acids is 1. The average Bonchev–Trinajstić information content (AvgIpc) is 2.49. The second-order valence-corrected chi connectivity index (χ2v) is 6.83. The van der Waals surface area contributed by atoms with Gasteiger partial charge >= 0.3 is 5.97 Å². The van der Waals surface area contributed by atoms with Crippen molar-refractivity contribution < 1.29 is 19.4 Å². The standard InChI is InChI=1S/C17H19ClO4/c18-13-11-5-2-8-21-14(11)12(10-4-1-9-22-15(10)13)17(16(19)20)6-3-7-17/h1-9H2,(H,19,20). The molecule has 2 aliphatic heterocycles. The van der Waals surface area contributed by atoms with Gasteiger partial charge in [-0.25, -0.2) is 0 Å². The smallest absolute Gasteiger partial charge is 0.314 e. The van der Waals surface area contributed by atoms with Crippen LogP contribution in [-0.4, -0.2) is 24.3 Å². The predicted molar refractivity (Wildman–Crippen MR) is 82.2 cm³/mol. The van der Waals surface area contributed by atoms with Gasteiger partial charge in [0.2, 0.25) is 0 Å². The molecule has 0 aromatic heterocycles. The molecular weight excluding hydrogens is 304 g/mol. The fraction of sp³-hybridized carbons (Fsp3) is 0.588. The monoisotopic (exact) mass is 322 g/mol.